The maximum atomic E-state index is 8.69. The van der Waals surface area contributed by atoms with Gasteiger partial charge in [-0.1, -0.05) is 0 Å². The maximum Gasteiger partial charge on any atom is 0.225 e. The first-order chi connectivity index (χ1) is 7.72. The van der Waals surface area contributed by atoms with Gasteiger partial charge >= 0.3 is 0 Å². The van der Waals surface area contributed by atoms with Gasteiger partial charge in [0.05, 0.1) is 18.0 Å². The van der Waals surface area contributed by atoms with Crippen molar-refractivity contribution in [1.29, 1.82) is 5.26 Å². The number of aromatic nitrogens is 2. The van der Waals surface area contributed by atoms with Crippen LogP contribution >= 0.6 is 0 Å². The zero-order chi connectivity index (χ0) is 11.5. The van der Waals surface area contributed by atoms with E-state index in [1.165, 1.54) is 0 Å². The number of hydrogen-bond acceptors (Lipinski definition) is 5. The first-order valence-electron chi connectivity index (χ1n) is 5.43. The van der Waals surface area contributed by atoms with Crippen LogP contribution < -0.4 is 10.2 Å². The molecule has 2 rings (SSSR count). The zero-order valence-corrected chi connectivity index (χ0v) is 9.51. The lowest BCUT2D eigenvalue weighted by molar-refractivity contribution is 0.425. The molecule has 0 spiro atoms. The van der Waals surface area contributed by atoms with Crippen molar-refractivity contribution in [1.82, 2.24) is 15.3 Å². The second-order valence-electron chi connectivity index (χ2n) is 4.15. The second kappa shape index (κ2) is 4.45. The molecule has 0 bridgehead atoms. The predicted molar refractivity (Wildman–Crippen MR) is 61.0 cm³/mol. The van der Waals surface area contributed by atoms with E-state index in [0.29, 0.717) is 23.6 Å². The smallest absolute Gasteiger partial charge is 0.225 e. The SMILES string of the molecule is C[C@@H]1CNC[C@@H](C)N1c1ncc(C#N)cn1. The van der Waals surface area contributed by atoms with E-state index in [1.807, 2.05) is 6.07 Å². The van der Waals surface area contributed by atoms with Crippen LogP contribution in [0.4, 0.5) is 5.95 Å². The summed E-state index contributed by atoms with van der Waals surface area (Å²) in [5.41, 5.74) is 0.499. The van der Waals surface area contributed by atoms with Gasteiger partial charge in [0.25, 0.3) is 0 Å². The summed E-state index contributed by atoms with van der Waals surface area (Å²) >= 11 is 0. The Hall–Kier alpha value is -1.67. The average molecular weight is 217 g/mol. The minimum Gasteiger partial charge on any atom is -0.333 e. The van der Waals surface area contributed by atoms with Gasteiger partial charge < -0.3 is 10.2 Å². The molecule has 1 aromatic heterocycles. The summed E-state index contributed by atoms with van der Waals surface area (Å²) in [4.78, 5) is 10.7. The largest absolute Gasteiger partial charge is 0.333 e. The molecule has 0 aliphatic carbocycles. The number of nitriles is 1. The van der Waals surface area contributed by atoms with Crippen molar-refractivity contribution in [3.8, 4) is 6.07 Å². The lowest BCUT2D eigenvalue weighted by Gasteiger charge is -2.39. The van der Waals surface area contributed by atoms with Gasteiger partial charge in [-0.15, -0.1) is 0 Å². The molecule has 5 nitrogen and oxygen atoms in total. The molecule has 1 N–H and O–H groups in total. The number of hydrogen-bond donors (Lipinski definition) is 1. The van der Waals surface area contributed by atoms with Crippen molar-refractivity contribution in [3.63, 3.8) is 0 Å². The van der Waals surface area contributed by atoms with Crippen LogP contribution in [0.25, 0.3) is 0 Å². The molecule has 84 valence electrons. The summed E-state index contributed by atoms with van der Waals surface area (Å²) in [5, 5.41) is 12.0. The van der Waals surface area contributed by atoms with Crippen LogP contribution in [0.2, 0.25) is 0 Å². The molecule has 0 amide bonds. The Morgan fingerprint density at radius 2 is 1.88 bits per heavy atom. The third kappa shape index (κ3) is 1.97. The summed E-state index contributed by atoms with van der Waals surface area (Å²) in [6.07, 6.45) is 3.15. The number of piperazine rings is 1. The molecule has 1 aliphatic rings. The van der Waals surface area contributed by atoms with Crippen molar-refractivity contribution >= 4 is 5.95 Å². The summed E-state index contributed by atoms with van der Waals surface area (Å²) in [6, 6.07) is 2.77. The molecule has 2 atom stereocenters. The van der Waals surface area contributed by atoms with Gasteiger partial charge in [-0.3, -0.25) is 0 Å². The molecule has 1 saturated heterocycles. The van der Waals surface area contributed by atoms with Crippen molar-refractivity contribution in [2.45, 2.75) is 25.9 Å². The Balaban J connectivity index is 2.24. The van der Waals surface area contributed by atoms with Crippen LogP contribution in [0.3, 0.4) is 0 Å². The topological polar surface area (TPSA) is 64.8 Å². The Labute approximate surface area is 95.1 Å². The van der Waals surface area contributed by atoms with Crippen LogP contribution in [0.5, 0.6) is 0 Å². The molecule has 2 heterocycles. The fraction of sp³-hybridized carbons (Fsp3) is 0.545. The minimum atomic E-state index is 0.372. The number of nitrogens with zero attached hydrogens (tertiary/aromatic N) is 4. The Bertz CT molecular complexity index is 384. The molecule has 1 fully saturated rings. The summed E-state index contributed by atoms with van der Waals surface area (Å²) in [6.45, 7) is 6.16. The highest BCUT2D eigenvalue weighted by Gasteiger charge is 2.26. The van der Waals surface area contributed by atoms with E-state index >= 15 is 0 Å². The van der Waals surface area contributed by atoms with Crippen LogP contribution in [0, 0.1) is 11.3 Å². The summed E-state index contributed by atoms with van der Waals surface area (Å²) in [7, 11) is 0. The van der Waals surface area contributed by atoms with E-state index < -0.39 is 0 Å². The molecule has 0 aromatic carbocycles. The third-order valence-corrected chi connectivity index (χ3v) is 2.83. The van der Waals surface area contributed by atoms with E-state index in [1.54, 1.807) is 12.4 Å². The lowest BCUT2D eigenvalue weighted by Crippen LogP contribution is -2.55. The predicted octanol–water partition coefficient (Wildman–Crippen LogP) is 0.535. The molecule has 0 saturated carbocycles. The molecular weight excluding hydrogens is 202 g/mol. The molecular formula is C11H15N5. The standard InChI is InChI=1S/C11H15N5/c1-8-4-13-5-9(2)16(8)11-14-6-10(3-12)7-15-11/h6-9,13H,4-5H2,1-2H3/t8-,9-/m1/s1. The number of rotatable bonds is 1. The van der Waals surface area contributed by atoms with Gasteiger partial charge in [0.1, 0.15) is 6.07 Å². The monoisotopic (exact) mass is 217 g/mol. The van der Waals surface area contributed by atoms with Crippen molar-refractivity contribution in [2.24, 2.45) is 0 Å². The Morgan fingerprint density at radius 1 is 1.31 bits per heavy atom. The molecule has 0 radical (unpaired) electrons. The molecule has 0 unspecified atom stereocenters. The van der Waals surface area contributed by atoms with Crippen molar-refractivity contribution in [2.75, 3.05) is 18.0 Å². The maximum absolute atomic E-state index is 8.69. The fourth-order valence-electron chi connectivity index (χ4n) is 2.04. The number of anilines is 1. The van der Waals surface area contributed by atoms with Crippen LogP contribution in [0.1, 0.15) is 19.4 Å². The molecule has 1 aliphatic heterocycles. The van der Waals surface area contributed by atoms with E-state index in [-0.39, 0.29) is 0 Å². The number of nitrogens with one attached hydrogen (secondary N) is 1. The Morgan fingerprint density at radius 3 is 2.38 bits per heavy atom. The van der Waals surface area contributed by atoms with Crippen molar-refractivity contribution < 1.29 is 0 Å². The van der Waals surface area contributed by atoms with Crippen LogP contribution in [0.15, 0.2) is 12.4 Å². The summed E-state index contributed by atoms with van der Waals surface area (Å²) < 4.78 is 0. The minimum absolute atomic E-state index is 0.372. The quantitative estimate of drug-likeness (QED) is 0.743. The zero-order valence-electron chi connectivity index (χ0n) is 9.51. The first kappa shape index (κ1) is 10.8. The van der Waals surface area contributed by atoms with Crippen LogP contribution in [-0.2, 0) is 0 Å². The highest BCUT2D eigenvalue weighted by molar-refractivity contribution is 5.36. The average Bonchev–Trinajstić information content (AvgIpc) is 2.30. The van der Waals surface area contributed by atoms with Gasteiger partial charge in [0, 0.05) is 25.2 Å². The van der Waals surface area contributed by atoms with Gasteiger partial charge in [0.15, 0.2) is 0 Å². The van der Waals surface area contributed by atoms with E-state index in [0.717, 1.165) is 13.1 Å². The van der Waals surface area contributed by atoms with E-state index in [4.69, 9.17) is 5.26 Å². The van der Waals surface area contributed by atoms with E-state index in [9.17, 15) is 0 Å². The lowest BCUT2D eigenvalue weighted by atomic mass is 10.1. The second-order valence-corrected chi connectivity index (χ2v) is 4.15. The highest BCUT2D eigenvalue weighted by Crippen LogP contribution is 2.16. The van der Waals surface area contributed by atoms with Gasteiger partial charge in [0.2, 0.25) is 5.95 Å². The normalized spacial score (nSPS) is 25.2. The van der Waals surface area contributed by atoms with Crippen molar-refractivity contribution in [3.05, 3.63) is 18.0 Å². The first-order valence-corrected chi connectivity index (χ1v) is 5.43. The molecule has 5 heteroatoms. The third-order valence-electron chi connectivity index (χ3n) is 2.83. The Kier molecular flexibility index (Phi) is 3.02. The van der Waals surface area contributed by atoms with Crippen LogP contribution in [-0.4, -0.2) is 35.1 Å². The van der Waals surface area contributed by atoms with Gasteiger partial charge in [-0.2, -0.15) is 5.26 Å². The fourth-order valence-corrected chi connectivity index (χ4v) is 2.04. The summed E-state index contributed by atoms with van der Waals surface area (Å²) in [5.74, 6) is 0.709. The van der Waals surface area contributed by atoms with Gasteiger partial charge in [-0.05, 0) is 13.8 Å². The van der Waals surface area contributed by atoms with Gasteiger partial charge in [-0.25, -0.2) is 9.97 Å². The van der Waals surface area contributed by atoms with E-state index in [2.05, 4.69) is 34.0 Å². The molecule has 1 aromatic rings. The molecule has 16 heavy (non-hydrogen) atoms. The highest BCUT2D eigenvalue weighted by atomic mass is 15.3.